The molecule has 19 heavy (non-hydrogen) atoms. The predicted octanol–water partition coefficient (Wildman–Crippen LogP) is 1.56. The van der Waals surface area contributed by atoms with Gasteiger partial charge in [0.05, 0.1) is 6.20 Å². The first-order chi connectivity index (χ1) is 9.29. The highest BCUT2D eigenvalue weighted by atomic mass is 16.5. The summed E-state index contributed by atoms with van der Waals surface area (Å²) in [6.45, 7) is 5.93. The second-order valence-electron chi connectivity index (χ2n) is 5.08. The van der Waals surface area contributed by atoms with Gasteiger partial charge in [0.1, 0.15) is 0 Å². The molecule has 0 saturated carbocycles. The van der Waals surface area contributed by atoms with Crippen molar-refractivity contribution < 1.29 is 4.74 Å². The number of aromatic nitrogens is 3. The fraction of sp³-hybridized carbons (Fsp3) is 0.769. The SMILES string of the molecule is COCCCNc1cnnc(N2CCC(C)CC2)n1. The van der Waals surface area contributed by atoms with Crippen molar-refractivity contribution in [1.29, 1.82) is 0 Å². The van der Waals surface area contributed by atoms with Gasteiger partial charge in [0.25, 0.3) is 0 Å². The van der Waals surface area contributed by atoms with E-state index in [1.165, 1.54) is 12.8 Å². The molecule has 0 radical (unpaired) electrons. The van der Waals surface area contributed by atoms with Gasteiger partial charge < -0.3 is 15.0 Å². The van der Waals surface area contributed by atoms with Gasteiger partial charge in [0.2, 0.25) is 5.95 Å². The molecule has 0 amide bonds. The molecule has 0 aliphatic carbocycles. The van der Waals surface area contributed by atoms with E-state index in [1.54, 1.807) is 13.3 Å². The minimum absolute atomic E-state index is 0.739. The molecule has 2 heterocycles. The van der Waals surface area contributed by atoms with Gasteiger partial charge in [-0.25, -0.2) is 0 Å². The summed E-state index contributed by atoms with van der Waals surface area (Å²) in [5.41, 5.74) is 0. The van der Waals surface area contributed by atoms with Crippen LogP contribution in [0.3, 0.4) is 0 Å². The molecule has 1 saturated heterocycles. The van der Waals surface area contributed by atoms with E-state index in [2.05, 4.69) is 32.3 Å². The Bertz CT molecular complexity index is 379. The molecule has 6 heteroatoms. The number of hydrogen-bond donors (Lipinski definition) is 1. The van der Waals surface area contributed by atoms with Crippen LogP contribution in [0.4, 0.5) is 11.8 Å². The van der Waals surface area contributed by atoms with E-state index in [1.807, 2.05) is 0 Å². The van der Waals surface area contributed by atoms with Crippen LogP contribution < -0.4 is 10.2 Å². The Morgan fingerprint density at radius 1 is 1.42 bits per heavy atom. The van der Waals surface area contributed by atoms with Gasteiger partial charge in [-0.15, -0.1) is 5.10 Å². The average molecular weight is 265 g/mol. The lowest BCUT2D eigenvalue weighted by Gasteiger charge is -2.29. The Morgan fingerprint density at radius 2 is 2.21 bits per heavy atom. The summed E-state index contributed by atoms with van der Waals surface area (Å²) in [5.74, 6) is 2.34. The second kappa shape index (κ2) is 7.23. The maximum absolute atomic E-state index is 5.01. The van der Waals surface area contributed by atoms with E-state index in [0.717, 1.165) is 50.3 Å². The fourth-order valence-corrected chi connectivity index (χ4v) is 2.15. The quantitative estimate of drug-likeness (QED) is 0.788. The number of piperidine rings is 1. The molecular formula is C13H23N5O. The fourth-order valence-electron chi connectivity index (χ4n) is 2.15. The molecule has 0 atom stereocenters. The molecule has 1 fully saturated rings. The minimum atomic E-state index is 0.739. The Kier molecular flexibility index (Phi) is 5.32. The van der Waals surface area contributed by atoms with Crippen molar-refractivity contribution in [2.45, 2.75) is 26.2 Å². The Labute approximate surface area is 114 Å². The third-order valence-corrected chi connectivity index (χ3v) is 3.45. The average Bonchev–Trinajstić information content (AvgIpc) is 2.45. The van der Waals surface area contributed by atoms with Gasteiger partial charge in [0, 0.05) is 33.4 Å². The predicted molar refractivity (Wildman–Crippen MR) is 75.4 cm³/mol. The Morgan fingerprint density at radius 3 is 2.95 bits per heavy atom. The summed E-state index contributed by atoms with van der Waals surface area (Å²) in [5, 5.41) is 11.4. The normalized spacial score (nSPS) is 16.6. The van der Waals surface area contributed by atoms with Crippen LogP contribution in [0.1, 0.15) is 26.2 Å². The van der Waals surface area contributed by atoms with Crippen LogP contribution in [0.5, 0.6) is 0 Å². The number of methoxy groups -OCH3 is 1. The van der Waals surface area contributed by atoms with Crippen LogP contribution >= 0.6 is 0 Å². The highest BCUT2D eigenvalue weighted by Crippen LogP contribution is 2.20. The monoisotopic (exact) mass is 265 g/mol. The van der Waals surface area contributed by atoms with Gasteiger partial charge in [-0.2, -0.15) is 10.1 Å². The molecule has 0 bridgehead atoms. The van der Waals surface area contributed by atoms with Crippen molar-refractivity contribution in [1.82, 2.24) is 15.2 Å². The van der Waals surface area contributed by atoms with E-state index in [9.17, 15) is 0 Å². The third kappa shape index (κ3) is 4.31. The van der Waals surface area contributed by atoms with E-state index >= 15 is 0 Å². The van der Waals surface area contributed by atoms with Crippen molar-refractivity contribution in [2.24, 2.45) is 5.92 Å². The summed E-state index contributed by atoms with van der Waals surface area (Å²) in [6.07, 6.45) is 5.03. The van der Waals surface area contributed by atoms with Crippen molar-refractivity contribution in [3.05, 3.63) is 6.20 Å². The van der Waals surface area contributed by atoms with Crippen LogP contribution in [-0.4, -0.2) is 48.5 Å². The molecule has 1 aliphatic heterocycles. The van der Waals surface area contributed by atoms with Crippen LogP contribution in [0.15, 0.2) is 6.20 Å². The first kappa shape index (κ1) is 14.0. The lowest BCUT2D eigenvalue weighted by Crippen LogP contribution is -2.34. The van der Waals surface area contributed by atoms with Crippen molar-refractivity contribution in [3.8, 4) is 0 Å². The number of ether oxygens (including phenoxy) is 1. The molecule has 1 aromatic heterocycles. The van der Waals surface area contributed by atoms with Gasteiger partial charge in [-0.3, -0.25) is 0 Å². The minimum Gasteiger partial charge on any atom is -0.385 e. The van der Waals surface area contributed by atoms with Crippen LogP contribution in [-0.2, 0) is 4.74 Å². The molecule has 6 nitrogen and oxygen atoms in total. The van der Waals surface area contributed by atoms with Crippen LogP contribution in [0, 0.1) is 5.92 Å². The molecule has 0 spiro atoms. The largest absolute Gasteiger partial charge is 0.385 e. The number of anilines is 2. The lowest BCUT2D eigenvalue weighted by molar-refractivity contribution is 0.197. The second-order valence-corrected chi connectivity index (χ2v) is 5.08. The number of nitrogens with one attached hydrogen (secondary N) is 1. The molecule has 1 N–H and O–H groups in total. The summed E-state index contributed by atoms with van der Waals surface area (Å²) in [7, 11) is 1.71. The molecule has 106 valence electrons. The number of hydrogen-bond acceptors (Lipinski definition) is 6. The highest BCUT2D eigenvalue weighted by Gasteiger charge is 2.18. The van der Waals surface area contributed by atoms with Crippen molar-refractivity contribution in [2.75, 3.05) is 43.6 Å². The Hall–Kier alpha value is -1.43. The summed E-state index contributed by atoms with van der Waals surface area (Å²) in [4.78, 5) is 6.74. The maximum Gasteiger partial charge on any atom is 0.247 e. The first-order valence-corrected chi connectivity index (χ1v) is 6.97. The third-order valence-electron chi connectivity index (χ3n) is 3.45. The van der Waals surface area contributed by atoms with Crippen LogP contribution in [0.2, 0.25) is 0 Å². The van der Waals surface area contributed by atoms with Gasteiger partial charge in [-0.1, -0.05) is 6.92 Å². The molecular weight excluding hydrogens is 242 g/mol. The van der Waals surface area contributed by atoms with E-state index in [-0.39, 0.29) is 0 Å². The number of rotatable bonds is 6. The molecule has 1 aliphatic rings. The van der Waals surface area contributed by atoms with Gasteiger partial charge >= 0.3 is 0 Å². The zero-order chi connectivity index (χ0) is 13.5. The van der Waals surface area contributed by atoms with Gasteiger partial charge in [0.15, 0.2) is 5.82 Å². The molecule has 0 unspecified atom stereocenters. The van der Waals surface area contributed by atoms with E-state index in [0.29, 0.717) is 0 Å². The van der Waals surface area contributed by atoms with Crippen molar-refractivity contribution >= 4 is 11.8 Å². The molecule has 2 rings (SSSR count). The summed E-state index contributed by atoms with van der Waals surface area (Å²) >= 11 is 0. The number of nitrogens with zero attached hydrogens (tertiary/aromatic N) is 4. The zero-order valence-electron chi connectivity index (χ0n) is 11.8. The van der Waals surface area contributed by atoms with Crippen LogP contribution in [0.25, 0.3) is 0 Å². The van der Waals surface area contributed by atoms with E-state index in [4.69, 9.17) is 4.74 Å². The Balaban J connectivity index is 1.87. The highest BCUT2D eigenvalue weighted by molar-refractivity contribution is 5.39. The molecule has 1 aromatic rings. The van der Waals surface area contributed by atoms with E-state index < -0.39 is 0 Å². The smallest absolute Gasteiger partial charge is 0.247 e. The summed E-state index contributed by atoms with van der Waals surface area (Å²) < 4.78 is 5.01. The molecule has 0 aromatic carbocycles. The zero-order valence-corrected chi connectivity index (χ0v) is 11.8. The standard InChI is InChI=1S/C13H23N5O/c1-11-4-7-18(8-5-11)13-16-12(10-15-17-13)14-6-3-9-19-2/h10-11H,3-9H2,1-2H3,(H,14,16,17). The van der Waals surface area contributed by atoms with Crippen molar-refractivity contribution in [3.63, 3.8) is 0 Å². The van der Waals surface area contributed by atoms with Gasteiger partial charge in [-0.05, 0) is 25.2 Å². The topological polar surface area (TPSA) is 63.2 Å². The maximum atomic E-state index is 5.01. The lowest BCUT2D eigenvalue weighted by atomic mass is 10.00. The summed E-state index contributed by atoms with van der Waals surface area (Å²) in [6, 6.07) is 0. The first-order valence-electron chi connectivity index (χ1n) is 6.97.